The first-order valence-corrected chi connectivity index (χ1v) is 23.2. The number of benzene rings is 4. The van der Waals surface area contributed by atoms with Crippen LogP contribution in [-0.2, 0) is 44.6 Å². The van der Waals surface area contributed by atoms with Crippen LogP contribution in [0.25, 0.3) is 0 Å². The van der Waals surface area contributed by atoms with Crippen LogP contribution in [0.5, 0.6) is 5.75 Å². The summed E-state index contributed by atoms with van der Waals surface area (Å²) in [6, 6.07) is 33.5. The maximum Gasteiger partial charge on any atom is 0.412 e. The van der Waals surface area contributed by atoms with Gasteiger partial charge in [0.05, 0.1) is 22.9 Å². The molecule has 0 aromatic heterocycles. The maximum atomic E-state index is 13.7. The first-order valence-electron chi connectivity index (χ1n) is 22.2. The Morgan fingerprint density at radius 3 is 1.81 bits per heavy atom. The standard InChI is InChI=1S/C50H62N6O11S/c1-47(2,3)66-44-42(65-44)54-38(26-27-52-45(62)64-37-24-22-33(23-25-37)28-39(43(60)61)55-46(63)67-48(4,5)6)41(59)53-29-40(58)56-49(30-51,31-57)32-68-50(34-16-10-7-11-17-34,35-18-12-8-13-19-35)36-20-14-9-15-21-36/h7-25,31,38-39,42,44,54H,26-30,32,51H2,1-6H3,(H,52,62)(H,53,59)(H,55,63)(H,56,58)(H,60,61). The molecule has 1 fully saturated rings. The van der Waals surface area contributed by atoms with Crippen molar-refractivity contribution in [3.8, 4) is 5.75 Å². The average Bonchev–Trinajstić information content (AvgIpc) is 4.03. The van der Waals surface area contributed by atoms with E-state index in [0.29, 0.717) is 11.8 Å². The molecule has 17 nitrogen and oxygen atoms in total. The van der Waals surface area contributed by atoms with Gasteiger partial charge in [0.15, 0.2) is 12.5 Å². The van der Waals surface area contributed by atoms with Crippen molar-refractivity contribution in [3.63, 3.8) is 0 Å². The van der Waals surface area contributed by atoms with E-state index < -0.39 is 82.6 Å². The Morgan fingerprint density at radius 1 is 0.765 bits per heavy atom. The third-order valence-electron chi connectivity index (χ3n) is 10.4. The van der Waals surface area contributed by atoms with Gasteiger partial charge in [0.2, 0.25) is 11.8 Å². The quantitative estimate of drug-likeness (QED) is 0.0294. The minimum Gasteiger partial charge on any atom is -0.480 e. The third kappa shape index (κ3) is 15.6. The second kappa shape index (κ2) is 23.6. The molecular weight excluding hydrogens is 893 g/mol. The van der Waals surface area contributed by atoms with Crippen molar-refractivity contribution in [2.45, 2.75) is 100 Å². The third-order valence-corrected chi connectivity index (χ3v) is 12.2. The molecule has 5 atom stereocenters. The number of thioether (sulfide) groups is 1. The van der Waals surface area contributed by atoms with Crippen molar-refractivity contribution < 1.29 is 52.8 Å². The number of carbonyl (C=O) groups excluding carboxylic acids is 5. The van der Waals surface area contributed by atoms with Crippen molar-refractivity contribution in [3.05, 3.63) is 138 Å². The molecule has 0 bridgehead atoms. The van der Waals surface area contributed by atoms with E-state index in [1.165, 1.54) is 23.9 Å². The van der Waals surface area contributed by atoms with Gasteiger partial charge in [-0.3, -0.25) is 14.9 Å². The number of hydrogen-bond donors (Lipinski definition) is 7. The zero-order valence-electron chi connectivity index (χ0n) is 39.1. The molecule has 1 aliphatic rings. The number of carbonyl (C=O) groups is 6. The van der Waals surface area contributed by atoms with Crippen molar-refractivity contribution in [1.29, 1.82) is 0 Å². The second-order valence-corrected chi connectivity index (χ2v) is 19.4. The molecule has 4 amide bonds. The lowest BCUT2D eigenvalue weighted by Crippen LogP contribution is -2.59. The summed E-state index contributed by atoms with van der Waals surface area (Å²) in [6.07, 6.45) is -2.39. The molecule has 4 aromatic carbocycles. The van der Waals surface area contributed by atoms with E-state index in [-0.39, 0.29) is 37.4 Å². The number of aldehydes is 1. The fourth-order valence-electron chi connectivity index (χ4n) is 7.06. The first-order chi connectivity index (χ1) is 32.2. The number of epoxide rings is 1. The van der Waals surface area contributed by atoms with Crippen LogP contribution in [0.15, 0.2) is 115 Å². The lowest BCUT2D eigenvalue weighted by Gasteiger charge is -2.38. The van der Waals surface area contributed by atoms with Crippen molar-refractivity contribution >= 4 is 48.0 Å². The number of nitrogens with one attached hydrogen (secondary N) is 5. The lowest BCUT2D eigenvalue weighted by atomic mass is 9.84. The smallest absolute Gasteiger partial charge is 0.412 e. The zero-order valence-corrected chi connectivity index (χ0v) is 39.9. The van der Waals surface area contributed by atoms with E-state index in [4.69, 9.17) is 24.7 Å². The van der Waals surface area contributed by atoms with E-state index in [1.807, 2.05) is 112 Å². The molecule has 0 spiro atoms. The topological polar surface area (TPSA) is 249 Å². The Balaban J connectivity index is 1.20. The highest BCUT2D eigenvalue weighted by Gasteiger charge is 2.45. The number of hydrogen-bond acceptors (Lipinski definition) is 13. The SMILES string of the molecule is CC(C)(C)OC(=O)NC(Cc1ccc(OC(=O)NCCC(NC2OC2OC(C)(C)C)C(=O)NCC(=O)NC(C=O)(CN)CSC(c2ccccc2)(c2ccccc2)c2ccccc2)cc1)C(=O)O. The molecule has 1 saturated heterocycles. The van der Waals surface area contributed by atoms with Crippen molar-refractivity contribution in [2.24, 2.45) is 5.73 Å². The van der Waals surface area contributed by atoms with Gasteiger partial charge >= 0.3 is 18.2 Å². The van der Waals surface area contributed by atoms with Gasteiger partial charge in [-0.05, 0) is 82.3 Å². The molecule has 4 aromatic rings. The van der Waals surface area contributed by atoms with Crippen molar-refractivity contribution in [2.75, 3.05) is 25.4 Å². The van der Waals surface area contributed by atoms with E-state index in [2.05, 4.69) is 26.6 Å². The van der Waals surface area contributed by atoms with Gasteiger partial charge in [0, 0.05) is 25.3 Å². The molecular formula is C50H62N6O11S. The van der Waals surface area contributed by atoms with Crippen LogP contribution in [0, 0.1) is 0 Å². The Morgan fingerprint density at radius 2 is 1.32 bits per heavy atom. The van der Waals surface area contributed by atoms with E-state index in [1.54, 1.807) is 32.9 Å². The number of rotatable bonds is 23. The number of nitrogens with two attached hydrogens (primary N) is 1. The monoisotopic (exact) mass is 954 g/mol. The number of ether oxygens (including phenoxy) is 4. The molecule has 364 valence electrons. The fraction of sp³-hybridized carbons (Fsp3) is 0.400. The lowest BCUT2D eigenvalue weighted by molar-refractivity contribution is -0.139. The van der Waals surface area contributed by atoms with Gasteiger partial charge in [-0.1, -0.05) is 103 Å². The van der Waals surface area contributed by atoms with Crippen LogP contribution >= 0.6 is 11.8 Å². The number of amides is 4. The highest BCUT2D eigenvalue weighted by Crippen LogP contribution is 2.49. The highest BCUT2D eigenvalue weighted by atomic mass is 32.2. The van der Waals surface area contributed by atoms with Gasteiger partial charge in [0.25, 0.3) is 0 Å². The number of aliphatic carboxylic acids is 1. The van der Waals surface area contributed by atoms with Crippen LogP contribution in [0.1, 0.15) is 70.2 Å². The van der Waals surface area contributed by atoms with E-state index in [0.717, 1.165) is 16.7 Å². The van der Waals surface area contributed by atoms with Crippen LogP contribution in [0.2, 0.25) is 0 Å². The first kappa shape index (κ1) is 52.7. The van der Waals surface area contributed by atoms with E-state index in [9.17, 15) is 33.9 Å². The molecule has 0 aliphatic carbocycles. The molecule has 0 saturated carbocycles. The highest BCUT2D eigenvalue weighted by molar-refractivity contribution is 8.00. The van der Waals surface area contributed by atoms with Crippen LogP contribution in [0.4, 0.5) is 9.59 Å². The minimum atomic E-state index is -1.52. The predicted molar refractivity (Wildman–Crippen MR) is 257 cm³/mol. The summed E-state index contributed by atoms with van der Waals surface area (Å²) in [5.74, 6) is -2.27. The molecule has 5 rings (SSSR count). The summed E-state index contributed by atoms with van der Waals surface area (Å²) < 4.78 is 21.2. The average molecular weight is 955 g/mol. The van der Waals surface area contributed by atoms with Gasteiger partial charge < -0.3 is 55.8 Å². The predicted octanol–water partition coefficient (Wildman–Crippen LogP) is 5.00. The van der Waals surface area contributed by atoms with Crippen LogP contribution in [-0.4, -0.2) is 108 Å². The molecule has 0 radical (unpaired) electrons. The molecule has 1 heterocycles. The van der Waals surface area contributed by atoms with Gasteiger partial charge in [-0.25, -0.2) is 14.4 Å². The zero-order chi connectivity index (χ0) is 49.5. The van der Waals surface area contributed by atoms with E-state index >= 15 is 0 Å². The largest absolute Gasteiger partial charge is 0.480 e. The fourth-order valence-corrected chi connectivity index (χ4v) is 8.70. The minimum absolute atomic E-state index is 0.0308. The Hall–Kier alpha value is -6.31. The van der Waals surface area contributed by atoms with Crippen molar-refractivity contribution in [1.82, 2.24) is 26.6 Å². The normalized spacial score (nSPS) is 16.5. The molecule has 5 unspecified atom stereocenters. The summed E-state index contributed by atoms with van der Waals surface area (Å²) in [6.45, 7) is 9.80. The second-order valence-electron chi connectivity index (χ2n) is 18.2. The summed E-state index contributed by atoms with van der Waals surface area (Å²) in [5, 5.41) is 23.1. The Labute approximate surface area is 401 Å². The number of carboxylic acid groups (broad SMARTS) is 1. The number of alkyl carbamates (subject to hydrolysis) is 1. The maximum absolute atomic E-state index is 13.7. The molecule has 18 heteroatoms. The Kier molecular flexibility index (Phi) is 18.3. The molecule has 8 N–H and O–H groups in total. The summed E-state index contributed by atoms with van der Waals surface area (Å²) in [7, 11) is 0. The van der Waals surface area contributed by atoms with Crippen LogP contribution < -0.4 is 37.1 Å². The van der Waals surface area contributed by atoms with Gasteiger partial charge in [-0.2, -0.15) is 0 Å². The van der Waals surface area contributed by atoms with Gasteiger partial charge in [0.1, 0.15) is 29.2 Å². The summed E-state index contributed by atoms with van der Waals surface area (Å²) in [4.78, 5) is 77.1. The molecule has 68 heavy (non-hydrogen) atoms. The number of carboxylic acids is 1. The van der Waals surface area contributed by atoms with Crippen LogP contribution in [0.3, 0.4) is 0 Å². The van der Waals surface area contributed by atoms with Gasteiger partial charge in [-0.15, -0.1) is 11.8 Å². The summed E-state index contributed by atoms with van der Waals surface area (Å²) >= 11 is 1.46. The molecule has 1 aliphatic heterocycles. The summed E-state index contributed by atoms with van der Waals surface area (Å²) in [5.41, 5.74) is 6.82. The Bertz CT molecular complexity index is 2210.